The van der Waals surface area contributed by atoms with Crippen molar-refractivity contribution in [2.24, 2.45) is 0 Å². The molecule has 0 N–H and O–H groups in total. The first-order valence-electron chi connectivity index (χ1n) is 12.8. The maximum atomic E-state index is 13.4. The summed E-state index contributed by atoms with van der Waals surface area (Å²) in [7, 11) is 0. The molecule has 4 heterocycles. The lowest BCUT2D eigenvalue weighted by atomic mass is 9.96. The van der Waals surface area contributed by atoms with Crippen LogP contribution in [-0.2, 0) is 0 Å². The Balaban J connectivity index is 1.04. The number of benzene rings is 2. The molecule has 2 aliphatic heterocycles. The number of hydrogen-bond donors (Lipinski definition) is 0. The topological polar surface area (TPSA) is 88.8 Å². The van der Waals surface area contributed by atoms with Gasteiger partial charge < -0.3 is 19.1 Å². The summed E-state index contributed by atoms with van der Waals surface area (Å²) in [5.74, 6) is 1.47. The molecule has 2 aromatic carbocycles. The molecule has 194 valence electrons. The number of likely N-dealkylation sites (tertiary alicyclic amines) is 2. The molecule has 0 atom stereocenters. The van der Waals surface area contributed by atoms with Crippen LogP contribution in [0.25, 0.3) is 11.3 Å². The Labute approximate surface area is 224 Å². The Bertz CT molecular complexity index is 1420. The van der Waals surface area contributed by atoms with Crippen LogP contribution in [0.3, 0.4) is 0 Å². The van der Waals surface area contributed by atoms with Crippen LogP contribution in [-0.4, -0.2) is 64.0 Å². The molecular weight excluding hydrogens is 500 g/mol. The number of para-hydroxylation sites is 1. The average Bonchev–Trinajstić information content (AvgIpc) is 3.58. The van der Waals surface area contributed by atoms with Gasteiger partial charge in [-0.25, -0.2) is 4.98 Å². The van der Waals surface area contributed by atoms with Crippen LogP contribution >= 0.6 is 11.3 Å². The van der Waals surface area contributed by atoms with Crippen LogP contribution in [0.2, 0.25) is 0 Å². The summed E-state index contributed by atoms with van der Waals surface area (Å²) in [6.45, 7) is 4.15. The lowest BCUT2D eigenvalue weighted by Crippen LogP contribution is -2.56. The van der Waals surface area contributed by atoms with Gasteiger partial charge in [-0.05, 0) is 31.9 Å². The van der Waals surface area contributed by atoms with Crippen molar-refractivity contribution in [2.75, 3.05) is 26.2 Å². The second-order valence-corrected chi connectivity index (χ2v) is 10.6. The number of hydrogen-bond acceptors (Lipinski definition) is 7. The minimum atomic E-state index is -0.0545. The lowest BCUT2D eigenvalue weighted by molar-refractivity contribution is 0.0174. The number of carbonyl (C=O) groups is 2. The van der Waals surface area contributed by atoms with Gasteiger partial charge in [0, 0.05) is 30.0 Å². The maximum absolute atomic E-state index is 13.4. The van der Waals surface area contributed by atoms with Crippen LogP contribution in [0.1, 0.15) is 50.4 Å². The van der Waals surface area contributed by atoms with Crippen molar-refractivity contribution in [3.63, 3.8) is 0 Å². The van der Waals surface area contributed by atoms with Gasteiger partial charge in [0.2, 0.25) is 0 Å². The molecule has 2 aliphatic rings. The first kappa shape index (κ1) is 24.4. The van der Waals surface area contributed by atoms with E-state index in [9.17, 15) is 9.59 Å². The molecule has 0 radical (unpaired) electrons. The Morgan fingerprint density at radius 1 is 0.947 bits per heavy atom. The molecule has 2 amide bonds. The first-order chi connectivity index (χ1) is 18.6. The summed E-state index contributed by atoms with van der Waals surface area (Å²) in [6.07, 6.45) is 1.61. The average molecular weight is 529 g/mol. The van der Waals surface area contributed by atoms with Gasteiger partial charge in [-0.2, -0.15) is 0 Å². The van der Waals surface area contributed by atoms with Crippen LogP contribution in [0, 0.1) is 6.92 Å². The minimum Gasteiger partial charge on any atom is -0.487 e. The number of carbonyl (C=O) groups excluding carboxylic acids is 2. The van der Waals surface area contributed by atoms with E-state index in [1.165, 1.54) is 11.3 Å². The van der Waals surface area contributed by atoms with E-state index < -0.39 is 0 Å². The second kappa shape index (κ2) is 10.4. The van der Waals surface area contributed by atoms with Crippen molar-refractivity contribution in [3.8, 4) is 17.0 Å². The van der Waals surface area contributed by atoms with Crippen molar-refractivity contribution in [2.45, 2.75) is 31.8 Å². The molecule has 38 heavy (non-hydrogen) atoms. The standard InChI is InChI=1S/C29H28N4O4S/c1-19-25(26(31-37-19)20-8-4-2-5-9-20)29(35)32-14-12-21(13-15-32)27-30-24(18-38-27)28(34)33-16-23(17-33)36-22-10-6-3-7-11-22/h2-11,18,21,23H,12-17H2,1H3. The summed E-state index contributed by atoms with van der Waals surface area (Å²) in [5, 5.41) is 6.98. The van der Waals surface area contributed by atoms with Gasteiger partial charge >= 0.3 is 0 Å². The molecular formula is C29H28N4O4S. The maximum Gasteiger partial charge on any atom is 0.273 e. The molecule has 2 saturated heterocycles. The summed E-state index contributed by atoms with van der Waals surface area (Å²) < 4.78 is 11.3. The van der Waals surface area contributed by atoms with E-state index in [-0.39, 0.29) is 23.8 Å². The number of amides is 2. The fourth-order valence-electron chi connectivity index (χ4n) is 5.01. The molecule has 0 unspecified atom stereocenters. The number of nitrogens with zero attached hydrogens (tertiary/aromatic N) is 4. The molecule has 4 aromatic rings. The number of ether oxygens (including phenoxy) is 1. The van der Waals surface area contributed by atoms with Gasteiger partial charge in [0.1, 0.15) is 34.6 Å². The zero-order chi connectivity index (χ0) is 26.1. The molecule has 0 spiro atoms. The number of piperidine rings is 1. The smallest absolute Gasteiger partial charge is 0.273 e. The SMILES string of the molecule is Cc1onc(-c2ccccc2)c1C(=O)N1CCC(c2nc(C(=O)N3CC(Oc4ccccc4)C3)cs2)CC1. The largest absolute Gasteiger partial charge is 0.487 e. The van der Waals surface area contributed by atoms with Crippen molar-refractivity contribution in [1.29, 1.82) is 0 Å². The first-order valence-corrected chi connectivity index (χ1v) is 13.7. The van der Waals surface area contributed by atoms with E-state index in [0.29, 0.717) is 48.9 Å². The predicted molar refractivity (Wildman–Crippen MR) is 143 cm³/mol. The highest BCUT2D eigenvalue weighted by atomic mass is 32.1. The predicted octanol–water partition coefficient (Wildman–Crippen LogP) is 5.03. The highest BCUT2D eigenvalue weighted by molar-refractivity contribution is 7.09. The highest BCUT2D eigenvalue weighted by Crippen LogP contribution is 2.33. The number of aromatic nitrogens is 2. The number of rotatable bonds is 6. The Morgan fingerprint density at radius 3 is 2.34 bits per heavy atom. The Kier molecular flexibility index (Phi) is 6.68. The van der Waals surface area contributed by atoms with E-state index >= 15 is 0 Å². The quantitative estimate of drug-likeness (QED) is 0.349. The van der Waals surface area contributed by atoms with Gasteiger partial charge in [-0.3, -0.25) is 9.59 Å². The van der Waals surface area contributed by atoms with Gasteiger partial charge in [0.05, 0.1) is 18.1 Å². The van der Waals surface area contributed by atoms with Crippen molar-refractivity contribution in [1.82, 2.24) is 19.9 Å². The van der Waals surface area contributed by atoms with E-state index in [1.807, 2.05) is 70.9 Å². The van der Waals surface area contributed by atoms with Gasteiger partial charge in [0.15, 0.2) is 0 Å². The highest BCUT2D eigenvalue weighted by Gasteiger charge is 2.35. The fraction of sp³-hybridized carbons (Fsp3) is 0.310. The third-order valence-corrected chi connectivity index (χ3v) is 8.18. The molecule has 2 fully saturated rings. The van der Waals surface area contributed by atoms with Crippen LogP contribution in [0.5, 0.6) is 5.75 Å². The van der Waals surface area contributed by atoms with Gasteiger partial charge in [0.25, 0.3) is 11.8 Å². The van der Waals surface area contributed by atoms with Gasteiger partial charge in [-0.1, -0.05) is 53.7 Å². The van der Waals surface area contributed by atoms with Crippen molar-refractivity contribution in [3.05, 3.63) is 88.1 Å². The lowest BCUT2D eigenvalue weighted by Gasteiger charge is -2.38. The third-order valence-electron chi connectivity index (χ3n) is 7.18. The number of aryl methyl sites for hydroxylation is 1. The van der Waals surface area contributed by atoms with E-state index in [4.69, 9.17) is 14.2 Å². The van der Waals surface area contributed by atoms with E-state index in [2.05, 4.69) is 5.16 Å². The zero-order valence-corrected chi connectivity index (χ0v) is 21.9. The molecule has 2 aromatic heterocycles. The van der Waals surface area contributed by atoms with Crippen LogP contribution < -0.4 is 4.74 Å². The van der Waals surface area contributed by atoms with Crippen molar-refractivity contribution >= 4 is 23.2 Å². The second-order valence-electron chi connectivity index (χ2n) is 9.73. The molecule has 0 aliphatic carbocycles. The fourth-order valence-corrected chi connectivity index (χ4v) is 5.98. The zero-order valence-electron chi connectivity index (χ0n) is 21.1. The summed E-state index contributed by atoms with van der Waals surface area (Å²) >= 11 is 1.53. The Hall–Kier alpha value is -3.98. The summed E-state index contributed by atoms with van der Waals surface area (Å²) in [6, 6.07) is 19.3. The molecule has 8 nitrogen and oxygen atoms in total. The van der Waals surface area contributed by atoms with E-state index in [0.717, 1.165) is 29.2 Å². The molecule has 0 saturated carbocycles. The Morgan fingerprint density at radius 2 is 1.63 bits per heavy atom. The third kappa shape index (κ3) is 4.81. The number of thiazole rings is 1. The van der Waals surface area contributed by atoms with Crippen molar-refractivity contribution < 1.29 is 18.8 Å². The van der Waals surface area contributed by atoms with Gasteiger partial charge in [-0.15, -0.1) is 11.3 Å². The summed E-state index contributed by atoms with van der Waals surface area (Å²) in [5.41, 5.74) is 2.47. The van der Waals surface area contributed by atoms with E-state index in [1.54, 1.807) is 11.8 Å². The molecule has 9 heteroatoms. The minimum absolute atomic E-state index is 0.0118. The normalized spacial score (nSPS) is 16.3. The van der Waals surface area contributed by atoms with Crippen LogP contribution in [0.4, 0.5) is 0 Å². The monoisotopic (exact) mass is 528 g/mol. The molecule has 6 rings (SSSR count). The van der Waals surface area contributed by atoms with Crippen LogP contribution in [0.15, 0.2) is 70.6 Å². The summed E-state index contributed by atoms with van der Waals surface area (Å²) in [4.78, 5) is 34.7. The molecule has 0 bridgehead atoms.